The highest BCUT2D eigenvalue weighted by molar-refractivity contribution is 5.69. The summed E-state index contributed by atoms with van der Waals surface area (Å²) in [5.41, 5.74) is 0.884. The van der Waals surface area contributed by atoms with E-state index in [4.69, 9.17) is 14.6 Å². The number of hydrogen-bond acceptors (Lipinski definition) is 4. The third-order valence-electron chi connectivity index (χ3n) is 2.32. The van der Waals surface area contributed by atoms with Gasteiger partial charge < -0.3 is 14.6 Å². The molecule has 4 nitrogen and oxygen atoms in total. The van der Waals surface area contributed by atoms with Crippen molar-refractivity contribution in [3.8, 4) is 11.5 Å². The maximum Gasteiger partial charge on any atom is 0.308 e. The molecule has 1 atom stereocenters. The van der Waals surface area contributed by atoms with Crippen molar-refractivity contribution in [1.29, 1.82) is 0 Å². The number of esters is 1. The van der Waals surface area contributed by atoms with Crippen molar-refractivity contribution in [2.75, 3.05) is 13.2 Å². The van der Waals surface area contributed by atoms with Crippen LogP contribution in [-0.4, -0.2) is 24.3 Å². The van der Waals surface area contributed by atoms with Gasteiger partial charge in [0.25, 0.3) is 0 Å². The van der Waals surface area contributed by atoms with Crippen molar-refractivity contribution in [2.45, 2.75) is 26.7 Å². The van der Waals surface area contributed by atoms with Crippen LogP contribution in [0, 0.1) is 0 Å². The Morgan fingerprint density at radius 3 is 2.53 bits per heavy atom. The van der Waals surface area contributed by atoms with Gasteiger partial charge in [0.1, 0.15) is 11.5 Å². The third kappa shape index (κ3) is 4.07. The Labute approximate surface area is 101 Å². The van der Waals surface area contributed by atoms with Crippen LogP contribution >= 0.6 is 0 Å². The van der Waals surface area contributed by atoms with Crippen molar-refractivity contribution in [2.24, 2.45) is 0 Å². The molecule has 0 spiro atoms. The van der Waals surface area contributed by atoms with E-state index >= 15 is 0 Å². The van der Waals surface area contributed by atoms with E-state index in [9.17, 15) is 4.79 Å². The van der Waals surface area contributed by atoms with Gasteiger partial charge in [0.2, 0.25) is 0 Å². The summed E-state index contributed by atoms with van der Waals surface area (Å²) in [6.07, 6.45) is 0. The molecule has 0 aliphatic rings. The Morgan fingerprint density at radius 1 is 1.35 bits per heavy atom. The summed E-state index contributed by atoms with van der Waals surface area (Å²) in [5, 5.41) is 9.13. The normalized spacial score (nSPS) is 12.0. The highest BCUT2D eigenvalue weighted by atomic mass is 16.5. The lowest BCUT2D eigenvalue weighted by Crippen LogP contribution is -2.05. The molecule has 1 N–H and O–H groups in total. The van der Waals surface area contributed by atoms with Crippen LogP contribution in [0.1, 0.15) is 32.3 Å². The summed E-state index contributed by atoms with van der Waals surface area (Å²) in [4.78, 5) is 10.9. The highest BCUT2D eigenvalue weighted by Crippen LogP contribution is 2.27. The highest BCUT2D eigenvalue weighted by Gasteiger charge is 2.10. The predicted octanol–water partition coefficient (Wildman–Crippen LogP) is 2.11. The van der Waals surface area contributed by atoms with Crippen LogP contribution in [-0.2, 0) is 4.79 Å². The van der Waals surface area contributed by atoms with Gasteiger partial charge in [-0.2, -0.15) is 0 Å². The molecule has 17 heavy (non-hydrogen) atoms. The largest absolute Gasteiger partial charge is 0.494 e. The molecule has 0 fully saturated rings. The molecular weight excluding hydrogens is 220 g/mol. The van der Waals surface area contributed by atoms with Crippen LogP contribution < -0.4 is 9.47 Å². The molecule has 1 rings (SSSR count). The topological polar surface area (TPSA) is 55.8 Å². The van der Waals surface area contributed by atoms with E-state index in [-0.39, 0.29) is 18.5 Å². The van der Waals surface area contributed by atoms with Crippen molar-refractivity contribution < 1.29 is 19.4 Å². The molecule has 94 valence electrons. The minimum absolute atomic E-state index is 0.0234. The van der Waals surface area contributed by atoms with E-state index in [0.717, 1.165) is 5.56 Å². The zero-order valence-corrected chi connectivity index (χ0v) is 10.4. The van der Waals surface area contributed by atoms with Crippen LogP contribution in [0.3, 0.4) is 0 Å². The molecule has 4 heteroatoms. The molecule has 0 radical (unpaired) electrons. The Balaban J connectivity index is 3.04. The second-order valence-corrected chi connectivity index (χ2v) is 3.85. The maximum absolute atomic E-state index is 10.9. The molecular formula is C13H18O4. The van der Waals surface area contributed by atoms with E-state index in [1.165, 1.54) is 6.92 Å². The summed E-state index contributed by atoms with van der Waals surface area (Å²) in [6.45, 7) is 5.70. The second-order valence-electron chi connectivity index (χ2n) is 3.85. The van der Waals surface area contributed by atoms with Gasteiger partial charge in [0.05, 0.1) is 6.61 Å². The molecule has 0 aromatic heterocycles. The molecule has 0 aliphatic carbocycles. The van der Waals surface area contributed by atoms with Crippen molar-refractivity contribution in [3.05, 3.63) is 23.8 Å². The number of carbonyl (C=O) groups excluding carboxylic acids is 1. The number of hydrogen-bond donors (Lipinski definition) is 1. The number of rotatable bonds is 5. The molecule has 0 saturated carbocycles. The van der Waals surface area contributed by atoms with Gasteiger partial charge in [-0.25, -0.2) is 0 Å². The van der Waals surface area contributed by atoms with Crippen LogP contribution in [0.2, 0.25) is 0 Å². The monoisotopic (exact) mass is 238 g/mol. The number of aliphatic hydroxyl groups is 1. The van der Waals surface area contributed by atoms with Gasteiger partial charge >= 0.3 is 5.97 Å². The SMILES string of the molecule is CCOc1cc(OC(C)=O)cc(C(C)CO)c1. The lowest BCUT2D eigenvalue weighted by Gasteiger charge is -2.13. The standard InChI is InChI=1S/C13H18O4/c1-4-16-12-5-11(9(2)8-14)6-13(7-12)17-10(3)15/h5-7,9,14H,4,8H2,1-3H3. The van der Waals surface area contributed by atoms with Gasteiger partial charge in [-0.1, -0.05) is 6.92 Å². The van der Waals surface area contributed by atoms with E-state index < -0.39 is 0 Å². The summed E-state index contributed by atoms with van der Waals surface area (Å²) in [5.74, 6) is 0.686. The number of aliphatic hydroxyl groups excluding tert-OH is 1. The van der Waals surface area contributed by atoms with Crippen molar-refractivity contribution >= 4 is 5.97 Å². The van der Waals surface area contributed by atoms with Gasteiger partial charge in [0, 0.05) is 25.5 Å². The van der Waals surface area contributed by atoms with E-state index in [2.05, 4.69) is 0 Å². The van der Waals surface area contributed by atoms with Crippen LogP contribution in [0.15, 0.2) is 18.2 Å². The van der Waals surface area contributed by atoms with Crippen molar-refractivity contribution in [1.82, 2.24) is 0 Å². The molecule has 1 aromatic rings. The molecule has 0 saturated heterocycles. The van der Waals surface area contributed by atoms with E-state index in [0.29, 0.717) is 18.1 Å². The minimum atomic E-state index is -0.374. The first-order valence-electron chi connectivity index (χ1n) is 5.63. The Morgan fingerprint density at radius 2 is 2.00 bits per heavy atom. The number of carbonyl (C=O) groups is 1. The van der Waals surface area contributed by atoms with Gasteiger partial charge in [-0.15, -0.1) is 0 Å². The maximum atomic E-state index is 10.9. The van der Waals surface area contributed by atoms with Gasteiger partial charge in [-0.3, -0.25) is 4.79 Å². The van der Waals surface area contributed by atoms with Crippen molar-refractivity contribution in [3.63, 3.8) is 0 Å². The van der Waals surface area contributed by atoms with E-state index in [1.54, 1.807) is 12.1 Å². The van der Waals surface area contributed by atoms with Crippen LogP contribution in [0.4, 0.5) is 0 Å². The molecule has 0 bridgehead atoms. The Kier molecular flexibility index (Phi) is 4.97. The summed E-state index contributed by atoms with van der Waals surface area (Å²) >= 11 is 0. The number of benzene rings is 1. The fourth-order valence-electron chi connectivity index (χ4n) is 1.46. The average molecular weight is 238 g/mol. The quantitative estimate of drug-likeness (QED) is 0.630. The first kappa shape index (κ1) is 13.5. The van der Waals surface area contributed by atoms with Crippen LogP contribution in [0.25, 0.3) is 0 Å². The van der Waals surface area contributed by atoms with Gasteiger partial charge in [-0.05, 0) is 24.6 Å². The fourth-order valence-corrected chi connectivity index (χ4v) is 1.46. The van der Waals surface area contributed by atoms with Crippen LogP contribution in [0.5, 0.6) is 11.5 Å². The fraction of sp³-hybridized carbons (Fsp3) is 0.462. The van der Waals surface area contributed by atoms with E-state index in [1.807, 2.05) is 19.9 Å². The number of ether oxygens (including phenoxy) is 2. The summed E-state index contributed by atoms with van der Waals surface area (Å²) in [6, 6.07) is 5.25. The first-order valence-corrected chi connectivity index (χ1v) is 5.63. The predicted molar refractivity (Wildman–Crippen MR) is 64.4 cm³/mol. The Bertz CT molecular complexity index is 387. The molecule has 1 aromatic carbocycles. The molecule has 1 unspecified atom stereocenters. The first-order chi connectivity index (χ1) is 8.06. The minimum Gasteiger partial charge on any atom is -0.494 e. The zero-order valence-electron chi connectivity index (χ0n) is 10.4. The molecule has 0 heterocycles. The molecule has 0 aliphatic heterocycles. The zero-order chi connectivity index (χ0) is 12.8. The summed E-state index contributed by atoms with van der Waals surface area (Å²) in [7, 11) is 0. The average Bonchev–Trinajstić information content (AvgIpc) is 2.27. The summed E-state index contributed by atoms with van der Waals surface area (Å²) < 4.78 is 10.4. The second kappa shape index (κ2) is 6.25. The lowest BCUT2D eigenvalue weighted by molar-refractivity contribution is -0.131. The third-order valence-corrected chi connectivity index (χ3v) is 2.32. The smallest absolute Gasteiger partial charge is 0.308 e. The lowest BCUT2D eigenvalue weighted by atomic mass is 10.0. The molecule has 0 amide bonds. The Hall–Kier alpha value is -1.55. The van der Waals surface area contributed by atoms with Gasteiger partial charge in [0.15, 0.2) is 0 Å².